The van der Waals surface area contributed by atoms with Gasteiger partial charge >= 0.3 is 0 Å². The highest BCUT2D eigenvalue weighted by Crippen LogP contribution is 2.35. The van der Waals surface area contributed by atoms with E-state index in [-0.39, 0.29) is 0 Å². The minimum absolute atomic E-state index is 0.634. The third-order valence-corrected chi connectivity index (χ3v) is 6.42. The van der Waals surface area contributed by atoms with Crippen molar-refractivity contribution < 1.29 is 4.74 Å². The second-order valence-electron chi connectivity index (χ2n) is 8.63. The van der Waals surface area contributed by atoms with Gasteiger partial charge < -0.3 is 14.7 Å². The molecule has 2 aromatic heterocycles. The lowest BCUT2D eigenvalue weighted by Gasteiger charge is -2.18. The van der Waals surface area contributed by atoms with E-state index in [1.165, 1.54) is 74.7 Å². The van der Waals surface area contributed by atoms with Crippen molar-refractivity contribution in [3.63, 3.8) is 0 Å². The van der Waals surface area contributed by atoms with Crippen LogP contribution in [-0.2, 0) is 11.2 Å². The molecule has 0 saturated heterocycles. The van der Waals surface area contributed by atoms with Crippen molar-refractivity contribution in [1.82, 2.24) is 9.97 Å². The first-order chi connectivity index (χ1) is 14.8. The Morgan fingerprint density at radius 1 is 1.20 bits per heavy atom. The van der Waals surface area contributed by atoms with Gasteiger partial charge in [-0.15, -0.1) is 0 Å². The molecule has 30 heavy (non-hydrogen) atoms. The minimum Gasteiger partial charge on any atom is -0.494 e. The Balaban J connectivity index is 1.67. The molecule has 1 atom stereocenters. The van der Waals surface area contributed by atoms with Crippen molar-refractivity contribution in [3.05, 3.63) is 64.6 Å². The predicted octanol–water partition coefficient (Wildman–Crippen LogP) is 6.89. The van der Waals surface area contributed by atoms with Gasteiger partial charge in [0.25, 0.3) is 0 Å². The molecule has 4 nitrogen and oxygen atoms in total. The highest BCUT2D eigenvalue weighted by molar-refractivity contribution is 6.11. The van der Waals surface area contributed by atoms with Gasteiger partial charge in [0.15, 0.2) is 0 Å². The lowest BCUT2D eigenvalue weighted by molar-refractivity contribution is 0.303. The monoisotopic (exact) mass is 405 g/mol. The third-order valence-electron chi connectivity index (χ3n) is 6.42. The number of allylic oxidation sites excluding steroid dienone is 1. The van der Waals surface area contributed by atoms with E-state index < -0.39 is 0 Å². The summed E-state index contributed by atoms with van der Waals surface area (Å²) in [6.07, 6.45) is 19.1. The predicted molar refractivity (Wildman–Crippen MR) is 125 cm³/mol. The van der Waals surface area contributed by atoms with Crippen LogP contribution >= 0.6 is 0 Å². The number of fused-ring (bicyclic) bond motifs is 2. The molecule has 3 heterocycles. The maximum atomic E-state index is 5.67. The molecule has 1 aliphatic heterocycles. The number of H-pyrrole nitrogens is 2. The number of aromatic amines is 2. The Labute approximate surface area is 180 Å². The van der Waals surface area contributed by atoms with Crippen molar-refractivity contribution in [2.75, 3.05) is 7.11 Å². The average Bonchev–Trinajstić information content (AvgIpc) is 3.49. The van der Waals surface area contributed by atoms with Crippen LogP contribution in [0.4, 0.5) is 0 Å². The molecule has 2 N–H and O–H groups in total. The summed E-state index contributed by atoms with van der Waals surface area (Å²) in [6.45, 7) is 2.29. The molecular formula is C26H35N3O. The van der Waals surface area contributed by atoms with E-state index in [0.29, 0.717) is 5.92 Å². The zero-order valence-electron chi connectivity index (χ0n) is 18.5. The molecule has 0 aromatic carbocycles. The molecule has 0 spiro atoms. The number of hydrogen-bond donors (Lipinski definition) is 2. The van der Waals surface area contributed by atoms with Crippen LogP contribution in [0.3, 0.4) is 0 Å². The Morgan fingerprint density at radius 2 is 2.10 bits per heavy atom. The van der Waals surface area contributed by atoms with E-state index in [2.05, 4.69) is 29.0 Å². The average molecular weight is 406 g/mol. The van der Waals surface area contributed by atoms with Crippen LogP contribution in [0.1, 0.15) is 93.3 Å². The fraction of sp³-hybridized carbons (Fsp3) is 0.500. The van der Waals surface area contributed by atoms with Gasteiger partial charge in [0, 0.05) is 23.7 Å². The summed E-state index contributed by atoms with van der Waals surface area (Å²) in [4.78, 5) is 11.9. The molecular weight excluding hydrogens is 370 g/mol. The molecule has 2 bridgehead atoms. The molecule has 1 aliphatic carbocycles. The summed E-state index contributed by atoms with van der Waals surface area (Å²) in [5.74, 6) is 1.46. The van der Waals surface area contributed by atoms with E-state index in [4.69, 9.17) is 9.73 Å². The van der Waals surface area contributed by atoms with E-state index in [1.807, 2.05) is 24.4 Å². The van der Waals surface area contributed by atoms with Crippen molar-refractivity contribution in [3.8, 4) is 0 Å². The standard InChI is InChI=1S/C26H35N3O/c1-3-4-7-11-19-12-8-5-6-9-13-20-16-21(19)23(28-20)17-25-26(30-2)18-24(29-25)22-14-10-15-27-22/h10,14-19,27-28H,3-9,11-13H2,1-2H3/t19-/m1/s1. The van der Waals surface area contributed by atoms with Crippen molar-refractivity contribution in [2.45, 2.75) is 77.0 Å². The van der Waals surface area contributed by atoms with Crippen molar-refractivity contribution >= 4 is 11.8 Å². The molecule has 4 rings (SSSR count). The van der Waals surface area contributed by atoms with Gasteiger partial charge in [-0.05, 0) is 61.4 Å². The quantitative estimate of drug-likeness (QED) is 0.484. The lowest BCUT2D eigenvalue weighted by atomic mass is 9.87. The summed E-state index contributed by atoms with van der Waals surface area (Å²) in [7, 11) is 1.73. The van der Waals surface area contributed by atoms with Crippen molar-refractivity contribution in [2.24, 2.45) is 4.99 Å². The van der Waals surface area contributed by atoms with E-state index in [1.54, 1.807) is 7.11 Å². The van der Waals surface area contributed by atoms with Crippen LogP contribution in [0.2, 0.25) is 0 Å². The first kappa shape index (κ1) is 20.8. The smallest absolute Gasteiger partial charge is 0.146 e. The van der Waals surface area contributed by atoms with Gasteiger partial charge in [0.05, 0.1) is 18.5 Å². The van der Waals surface area contributed by atoms with E-state index in [9.17, 15) is 0 Å². The summed E-state index contributed by atoms with van der Waals surface area (Å²) in [5.41, 5.74) is 6.92. The van der Waals surface area contributed by atoms with Gasteiger partial charge in [-0.2, -0.15) is 0 Å². The fourth-order valence-corrected chi connectivity index (χ4v) is 4.74. The maximum absolute atomic E-state index is 5.67. The normalized spacial score (nSPS) is 20.9. The second kappa shape index (κ2) is 10.0. The number of nitrogens with zero attached hydrogens (tertiary/aromatic N) is 1. The number of aryl methyl sites for hydroxylation is 1. The largest absolute Gasteiger partial charge is 0.494 e. The first-order valence-corrected chi connectivity index (χ1v) is 11.7. The Bertz CT molecular complexity index is 914. The first-order valence-electron chi connectivity index (χ1n) is 11.7. The molecule has 0 radical (unpaired) electrons. The summed E-state index contributed by atoms with van der Waals surface area (Å²) < 4.78 is 5.67. The Hall–Kier alpha value is -2.49. The molecule has 2 aliphatic rings. The number of methoxy groups -OCH3 is 1. The van der Waals surface area contributed by atoms with E-state index >= 15 is 0 Å². The molecule has 0 fully saturated rings. The van der Waals surface area contributed by atoms with Gasteiger partial charge in [0.1, 0.15) is 11.5 Å². The fourth-order valence-electron chi connectivity index (χ4n) is 4.74. The Kier molecular flexibility index (Phi) is 6.93. The molecule has 0 unspecified atom stereocenters. The summed E-state index contributed by atoms with van der Waals surface area (Å²) >= 11 is 0. The van der Waals surface area contributed by atoms with Crippen LogP contribution in [0, 0.1) is 0 Å². The lowest BCUT2D eigenvalue weighted by Crippen LogP contribution is -2.01. The number of hydrogen-bond acceptors (Lipinski definition) is 2. The number of aromatic nitrogens is 2. The zero-order chi connectivity index (χ0) is 20.8. The minimum atomic E-state index is 0.634. The van der Waals surface area contributed by atoms with E-state index in [0.717, 1.165) is 29.3 Å². The van der Waals surface area contributed by atoms with Crippen molar-refractivity contribution in [1.29, 1.82) is 0 Å². The summed E-state index contributed by atoms with van der Waals surface area (Å²) in [5, 5.41) is 0. The SMILES string of the molecule is CCCCC[C@@H]1CCCCCCc2cc1c(C=C1N=C(c3ccc[nH]3)C=C1OC)[nH]2. The summed E-state index contributed by atoms with van der Waals surface area (Å²) in [6, 6.07) is 6.48. The molecule has 0 amide bonds. The van der Waals surface area contributed by atoms with Crippen LogP contribution in [-0.4, -0.2) is 22.8 Å². The Morgan fingerprint density at radius 3 is 2.90 bits per heavy atom. The van der Waals surface area contributed by atoms with Gasteiger partial charge in [-0.1, -0.05) is 45.4 Å². The van der Waals surface area contributed by atoms with Crippen LogP contribution in [0.15, 0.2) is 46.9 Å². The van der Waals surface area contributed by atoms with Crippen LogP contribution < -0.4 is 0 Å². The van der Waals surface area contributed by atoms with Crippen LogP contribution in [0.5, 0.6) is 0 Å². The highest BCUT2D eigenvalue weighted by Gasteiger charge is 2.21. The number of unbranched alkanes of at least 4 members (excludes halogenated alkanes) is 2. The number of nitrogens with one attached hydrogen (secondary N) is 2. The zero-order valence-corrected chi connectivity index (χ0v) is 18.5. The molecule has 160 valence electrons. The maximum Gasteiger partial charge on any atom is 0.146 e. The molecule has 4 heteroatoms. The third kappa shape index (κ3) is 4.80. The molecule has 2 aromatic rings. The topological polar surface area (TPSA) is 53.2 Å². The second-order valence-corrected chi connectivity index (χ2v) is 8.63. The highest BCUT2D eigenvalue weighted by atomic mass is 16.5. The number of aliphatic imine (C=N–C) groups is 1. The van der Waals surface area contributed by atoms with Gasteiger partial charge in [0.2, 0.25) is 0 Å². The van der Waals surface area contributed by atoms with Gasteiger partial charge in [-0.25, -0.2) is 4.99 Å². The number of ether oxygens (including phenoxy) is 1. The molecule has 0 saturated carbocycles. The number of rotatable bonds is 7. The van der Waals surface area contributed by atoms with Crippen LogP contribution in [0.25, 0.3) is 6.08 Å². The van der Waals surface area contributed by atoms with Gasteiger partial charge in [-0.3, -0.25) is 0 Å².